The zero-order valence-corrected chi connectivity index (χ0v) is 12.7. The third kappa shape index (κ3) is 2.45. The van der Waals surface area contributed by atoms with Gasteiger partial charge in [-0.3, -0.25) is 0 Å². The van der Waals surface area contributed by atoms with E-state index in [-0.39, 0.29) is 11.2 Å². The van der Waals surface area contributed by atoms with Crippen molar-refractivity contribution in [2.45, 2.75) is 57.3 Å². The number of fused-ring (bicyclic) bond motifs is 2. The highest BCUT2D eigenvalue weighted by Gasteiger charge is 2.48. The molecule has 2 atom stereocenters. The van der Waals surface area contributed by atoms with Gasteiger partial charge < -0.3 is 14.8 Å². The zero-order valence-electron chi connectivity index (χ0n) is 12.7. The van der Waals surface area contributed by atoms with E-state index in [4.69, 9.17) is 9.47 Å². The van der Waals surface area contributed by atoms with Crippen LogP contribution >= 0.6 is 0 Å². The fraction of sp³-hybridized carbons (Fsp3) is 0.647. The Kier molecular flexibility index (Phi) is 3.51. The Balaban J connectivity index is 1.98. The maximum Gasteiger partial charge on any atom is 0.126 e. The van der Waals surface area contributed by atoms with Crippen LogP contribution in [0.4, 0.5) is 0 Å². The topological polar surface area (TPSA) is 30.5 Å². The molecule has 0 amide bonds. The first-order chi connectivity index (χ1) is 9.55. The van der Waals surface area contributed by atoms with E-state index < -0.39 is 0 Å². The summed E-state index contributed by atoms with van der Waals surface area (Å²) in [6.45, 7) is 8.32. The molecule has 1 saturated heterocycles. The van der Waals surface area contributed by atoms with E-state index in [2.05, 4.69) is 44.3 Å². The number of ether oxygens (including phenoxy) is 2. The van der Waals surface area contributed by atoms with E-state index in [9.17, 15) is 0 Å². The van der Waals surface area contributed by atoms with Gasteiger partial charge in [0.25, 0.3) is 0 Å². The van der Waals surface area contributed by atoms with Crippen LogP contribution in [0.1, 0.15) is 45.6 Å². The Morgan fingerprint density at radius 3 is 2.90 bits per heavy atom. The van der Waals surface area contributed by atoms with Gasteiger partial charge in [-0.15, -0.1) is 0 Å². The molecule has 3 heteroatoms. The van der Waals surface area contributed by atoms with Crippen LogP contribution in [0.15, 0.2) is 24.3 Å². The van der Waals surface area contributed by atoms with Crippen LogP contribution in [0.25, 0.3) is 0 Å². The predicted molar refractivity (Wildman–Crippen MR) is 80.1 cm³/mol. The van der Waals surface area contributed by atoms with Crippen molar-refractivity contribution in [3.8, 4) is 5.75 Å². The average molecular weight is 275 g/mol. The van der Waals surface area contributed by atoms with Gasteiger partial charge in [-0.1, -0.05) is 25.1 Å². The van der Waals surface area contributed by atoms with Crippen molar-refractivity contribution >= 4 is 0 Å². The summed E-state index contributed by atoms with van der Waals surface area (Å²) in [6.07, 6.45) is 3.04. The van der Waals surface area contributed by atoms with Gasteiger partial charge in [0, 0.05) is 24.6 Å². The summed E-state index contributed by atoms with van der Waals surface area (Å²) in [6, 6.07) is 8.90. The van der Waals surface area contributed by atoms with Gasteiger partial charge in [-0.2, -0.15) is 0 Å². The summed E-state index contributed by atoms with van der Waals surface area (Å²) in [5, 5.41) is 3.59. The minimum absolute atomic E-state index is 0.178. The molecule has 1 aromatic carbocycles. The molecule has 0 radical (unpaired) electrons. The van der Waals surface area contributed by atoms with Crippen molar-refractivity contribution in [2.24, 2.45) is 0 Å². The Morgan fingerprint density at radius 1 is 1.30 bits per heavy atom. The molecule has 0 aliphatic carbocycles. The normalized spacial score (nSPS) is 31.6. The molecule has 3 rings (SSSR count). The largest absolute Gasteiger partial charge is 0.487 e. The molecule has 2 heterocycles. The molecule has 110 valence electrons. The number of nitrogens with one attached hydrogen (secondary N) is 1. The number of benzene rings is 1. The lowest BCUT2D eigenvalue weighted by Gasteiger charge is -2.49. The highest BCUT2D eigenvalue weighted by atomic mass is 16.5. The monoisotopic (exact) mass is 275 g/mol. The summed E-state index contributed by atoms with van der Waals surface area (Å²) < 4.78 is 12.5. The van der Waals surface area contributed by atoms with Crippen LogP contribution in [0, 0.1) is 0 Å². The summed E-state index contributed by atoms with van der Waals surface area (Å²) in [5.74, 6) is 0.987. The van der Waals surface area contributed by atoms with Gasteiger partial charge in [0.2, 0.25) is 0 Å². The third-order valence-corrected chi connectivity index (χ3v) is 4.39. The standard InChI is InChI=1S/C17H25NO2/c1-4-18-13-9-10-19-17(11-13)12-16(2,3)20-15-8-6-5-7-14(15)17/h5-8,13,18H,4,9-12H2,1-3H3. The molecule has 2 aliphatic heterocycles. The molecular formula is C17H25NO2. The number of para-hydroxylation sites is 1. The van der Waals surface area contributed by atoms with Gasteiger partial charge in [0.1, 0.15) is 17.0 Å². The van der Waals surface area contributed by atoms with E-state index in [0.717, 1.165) is 38.2 Å². The number of hydrogen-bond donors (Lipinski definition) is 1. The van der Waals surface area contributed by atoms with Crippen molar-refractivity contribution in [3.05, 3.63) is 29.8 Å². The van der Waals surface area contributed by atoms with Crippen molar-refractivity contribution in [3.63, 3.8) is 0 Å². The van der Waals surface area contributed by atoms with Crippen molar-refractivity contribution in [1.29, 1.82) is 0 Å². The number of hydrogen-bond acceptors (Lipinski definition) is 3. The van der Waals surface area contributed by atoms with E-state index in [1.165, 1.54) is 5.56 Å². The van der Waals surface area contributed by atoms with E-state index in [0.29, 0.717) is 6.04 Å². The molecule has 0 aromatic heterocycles. The minimum Gasteiger partial charge on any atom is -0.487 e. The van der Waals surface area contributed by atoms with Crippen LogP contribution in [-0.2, 0) is 10.3 Å². The second kappa shape index (κ2) is 5.05. The fourth-order valence-electron chi connectivity index (χ4n) is 3.78. The van der Waals surface area contributed by atoms with Gasteiger partial charge in [0.15, 0.2) is 0 Å². The first-order valence-corrected chi connectivity index (χ1v) is 7.70. The van der Waals surface area contributed by atoms with Crippen LogP contribution in [0.5, 0.6) is 5.75 Å². The molecule has 1 N–H and O–H groups in total. The Morgan fingerprint density at radius 2 is 2.10 bits per heavy atom. The fourth-order valence-corrected chi connectivity index (χ4v) is 3.78. The molecule has 0 bridgehead atoms. The van der Waals surface area contributed by atoms with E-state index in [1.54, 1.807) is 0 Å². The highest BCUT2D eigenvalue weighted by Crippen LogP contribution is 2.49. The summed E-state index contributed by atoms with van der Waals surface area (Å²) in [5.41, 5.74) is 0.855. The van der Waals surface area contributed by atoms with Gasteiger partial charge in [0.05, 0.1) is 0 Å². The van der Waals surface area contributed by atoms with Crippen LogP contribution in [0.3, 0.4) is 0 Å². The van der Waals surface area contributed by atoms with Gasteiger partial charge in [-0.05, 0) is 39.3 Å². The lowest BCUT2D eigenvalue weighted by molar-refractivity contribution is -0.142. The first-order valence-electron chi connectivity index (χ1n) is 7.70. The zero-order chi connectivity index (χ0) is 14.2. The van der Waals surface area contributed by atoms with Gasteiger partial charge >= 0.3 is 0 Å². The maximum atomic E-state index is 6.33. The smallest absolute Gasteiger partial charge is 0.126 e. The Bertz CT molecular complexity index is 484. The van der Waals surface area contributed by atoms with E-state index in [1.807, 2.05) is 6.07 Å². The van der Waals surface area contributed by atoms with Crippen LogP contribution in [-0.4, -0.2) is 24.8 Å². The second-order valence-corrected chi connectivity index (χ2v) is 6.62. The predicted octanol–water partition coefficient (Wildman–Crippen LogP) is 3.23. The molecule has 2 aliphatic rings. The summed E-state index contributed by atoms with van der Waals surface area (Å²) in [4.78, 5) is 0. The maximum absolute atomic E-state index is 6.33. The Labute approximate surface area is 121 Å². The SMILES string of the molecule is CCNC1CCOC2(C1)CC(C)(C)Oc1ccccc12. The highest BCUT2D eigenvalue weighted by molar-refractivity contribution is 5.41. The molecule has 1 spiro atoms. The van der Waals surface area contributed by atoms with Crippen molar-refractivity contribution < 1.29 is 9.47 Å². The molecule has 1 aromatic rings. The first kappa shape index (κ1) is 13.9. The van der Waals surface area contributed by atoms with Crippen molar-refractivity contribution in [1.82, 2.24) is 5.32 Å². The number of rotatable bonds is 2. The van der Waals surface area contributed by atoms with Gasteiger partial charge in [-0.25, -0.2) is 0 Å². The third-order valence-electron chi connectivity index (χ3n) is 4.39. The molecule has 2 unspecified atom stereocenters. The molecule has 20 heavy (non-hydrogen) atoms. The van der Waals surface area contributed by atoms with E-state index >= 15 is 0 Å². The lowest BCUT2D eigenvalue weighted by Crippen LogP contribution is -2.52. The summed E-state index contributed by atoms with van der Waals surface area (Å²) >= 11 is 0. The molecule has 0 saturated carbocycles. The molecule has 1 fully saturated rings. The van der Waals surface area contributed by atoms with Crippen molar-refractivity contribution in [2.75, 3.05) is 13.2 Å². The summed E-state index contributed by atoms with van der Waals surface area (Å²) in [7, 11) is 0. The minimum atomic E-state index is -0.191. The Hall–Kier alpha value is -1.06. The molecule has 3 nitrogen and oxygen atoms in total. The second-order valence-electron chi connectivity index (χ2n) is 6.62. The quantitative estimate of drug-likeness (QED) is 0.899. The average Bonchev–Trinajstić information content (AvgIpc) is 2.38. The molecular weight excluding hydrogens is 250 g/mol. The van der Waals surface area contributed by atoms with Crippen LogP contribution < -0.4 is 10.1 Å². The van der Waals surface area contributed by atoms with Crippen LogP contribution in [0.2, 0.25) is 0 Å². The lowest BCUT2D eigenvalue weighted by atomic mass is 9.75.